The monoisotopic (exact) mass is 641 g/mol. The number of alkyl halides is 1. The number of aromatic nitrogens is 1. The first-order chi connectivity index (χ1) is 21.5. The van der Waals surface area contributed by atoms with Crippen LogP contribution in [0.2, 0.25) is 5.02 Å². The number of methoxy groups -OCH3 is 1. The van der Waals surface area contributed by atoms with Crippen molar-refractivity contribution in [3.63, 3.8) is 0 Å². The van der Waals surface area contributed by atoms with Crippen molar-refractivity contribution in [2.75, 3.05) is 20.3 Å². The molecule has 0 bridgehead atoms. The lowest BCUT2D eigenvalue weighted by molar-refractivity contribution is -0.148. The highest BCUT2D eigenvalue weighted by atomic mass is 35.5. The van der Waals surface area contributed by atoms with Crippen LogP contribution in [-0.4, -0.2) is 64.7 Å². The van der Waals surface area contributed by atoms with Gasteiger partial charge in [0.1, 0.15) is 36.9 Å². The Bertz CT molecular complexity index is 1670. The van der Waals surface area contributed by atoms with E-state index in [9.17, 15) is 28.3 Å². The molecule has 0 aliphatic carbocycles. The van der Waals surface area contributed by atoms with Gasteiger partial charge >= 0.3 is 5.97 Å². The number of Topliss-reactive ketones (excluding diaryl/α,β-unsaturated/α-hetero) is 1. The number of hydrogen-bond donors (Lipinski definition) is 2. The lowest BCUT2D eigenvalue weighted by Crippen LogP contribution is -2.42. The van der Waals surface area contributed by atoms with Crippen LogP contribution in [0.4, 0.5) is 8.78 Å². The van der Waals surface area contributed by atoms with E-state index >= 15 is 0 Å². The lowest BCUT2D eigenvalue weighted by Gasteiger charge is -2.21. The summed E-state index contributed by atoms with van der Waals surface area (Å²) < 4.78 is 39.4. The molecule has 3 N–H and O–H groups in total. The zero-order chi connectivity index (χ0) is 32.7. The highest BCUT2D eigenvalue weighted by molar-refractivity contribution is 6.30. The normalized spacial score (nSPS) is 16.6. The largest absolute Gasteiger partial charge is 0.489 e. The topological polar surface area (TPSA) is 124 Å². The average molecular weight is 642 g/mol. The number of carbonyl (C=O) groups excluding carboxylic acids is 2. The minimum atomic E-state index is -1.37. The number of ketones is 1. The average Bonchev–Trinajstić information content (AvgIpc) is 3.59. The van der Waals surface area contributed by atoms with E-state index in [1.807, 2.05) is 30.3 Å². The van der Waals surface area contributed by atoms with Gasteiger partial charge < -0.3 is 29.8 Å². The van der Waals surface area contributed by atoms with E-state index in [0.717, 1.165) is 10.5 Å². The van der Waals surface area contributed by atoms with E-state index < -0.39 is 35.9 Å². The number of amides is 1. The molecule has 45 heavy (non-hydrogen) atoms. The number of carboxylic acid groups (broad SMARTS) is 1. The number of fused-ring (bicyclic) bond motifs is 1. The van der Waals surface area contributed by atoms with Crippen molar-refractivity contribution < 1.29 is 37.7 Å². The molecule has 1 aliphatic heterocycles. The van der Waals surface area contributed by atoms with Crippen LogP contribution in [0.1, 0.15) is 40.9 Å². The number of nitrogens with two attached hydrogens (primary N) is 1. The Kier molecular flexibility index (Phi) is 11.3. The third-order valence-electron chi connectivity index (χ3n) is 7.37. The molecular formula is C33H34ClF2N3O6. The van der Waals surface area contributed by atoms with Gasteiger partial charge in [-0.3, -0.25) is 9.59 Å². The molecule has 0 unspecified atom stereocenters. The quantitative estimate of drug-likeness (QED) is 0.217. The first-order valence-corrected chi connectivity index (χ1v) is 14.5. The summed E-state index contributed by atoms with van der Waals surface area (Å²) in [6, 6.07) is 18.0. The van der Waals surface area contributed by atoms with Crippen molar-refractivity contribution in [2.45, 2.75) is 44.8 Å². The summed E-state index contributed by atoms with van der Waals surface area (Å²) in [4.78, 5) is 37.5. The molecule has 0 radical (unpaired) electrons. The molecule has 4 aromatic rings. The standard InChI is InChI=1S/C24H23FN2O5.C9H11ClFNO/c1-15(28)20-12-26(13-23(29)27-11-17(25)9-22(27)24(30)31)21-10-18(7-8-19(20)21)32-14-16-5-3-2-4-6-16;1-13-5-8(12)6-3-2-4-7(10)9(6)11/h2-8,10,12,17,22H,9,11,13-14H2,1H3,(H,30,31);2-4,8H,5,12H2,1H3/t17-,22+;8-/m11/s1. The summed E-state index contributed by atoms with van der Waals surface area (Å²) in [5.41, 5.74) is 8.09. The summed E-state index contributed by atoms with van der Waals surface area (Å²) in [6.07, 6.45) is -0.0128. The van der Waals surface area contributed by atoms with E-state index in [2.05, 4.69) is 0 Å². The number of nitrogens with zero attached hydrogens (tertiary/aromatic N) is 2. The molecule has 1 amide bonds. The SMILES string of the molecule is CC(=O)c1cn(CC(=O)N2C[C@H](F)C[C@H]2C(=O)O)c2cc(OCc3ccccc3)ccc12.COC[C@@H](N)c1cccc(Cl)c1F. The molecule has 1 aliphatic rings. The van der Waals surface area contributed by atoms with Crippen LogP contribution in [0.5, 0.6) is 5.75 Å². The first-order valence-electron chi connectivity index (χ1n) is 14.2. The van der Waals surface area contributed by atoms with Gasteiger partial charge in [-0.25, -0.2) is 13.6 Å². The van der Waals surface area contributed by atoms with Crippen LogP contribution in [0.25, 0.3) is 10.9 Å². The smallest absolute Gasteiger partial charge is 0.326 e. The Morgan fingerprint density at radius 3 is 2.51 bits per heavy atom. The molecule has 2 heterocycles. The Hall–Kier alpha value is -4.32. The summed E-state index contributed by atoms with van der Waals surface area (Å²) in [5.74, 6) is -1.80. The fourth-order valence-corrected chi connectivity index (χ4v) is 5.30. The molecule has 5 rings (SSSR count). The fraction of sp³-hybridized carbons (Fsp3) is 0.303. The molecule has 12 heteroatoms. The maximum absolute atomic E-state index is 13.8. The van der Waals surface area contributed by atoms with Crippen LogP contribution in [-0.2, 0) is 27.5 Å². The molecule has 0 spiro atoms. The molecule has 1 saturated heterocycles. The number of aliphatic carboxylic acids is 1. The van der Waals surface area contributed by atoms with Crippen LogP contribution in [0.3, 0.4) is 0 Å². The zero-order valence-corrected chi connectivity index (χ0v) is 25.5. The second kappa shape index (κ2) is 15.1. The molecular weight excluding hydrogens is 608 g/mol. The molecule has 3 atom stereocenters. The minimum Gasteiger partial charge on any atom is -0.489 e. The second-order valence-corrected chi connectivity index (χ2v) is 11.0. The Morgan fingerprint density at radius 2 is 1.84 bits per heavy atom. The summed E-state index contributed by atoms with van der Waals surface area (Å²) >= 11 is 5.59. The molecule has 1 fully saturated rings. The first kappa shape index (κ1) is 33.6. The summed E-state index contributed by atoms with van der Waals surface area (Å²) in [6.45, 7) is 1.62. The Morgan fingerprint density at radius 1 is 1.11 bits per heavy atom. The molecule has 1 aromatic heterocycles. The van der Waals surface area contributed by atoms with Gasteiger partial charge in [-0.15, -0.1) is 0 Å². The Labute approximate surface area is 264 Å². The van der Waals surface area contributed by atoms with Crippen molar-refractivity contribution in [1.29, 1.82) is 0 Å². The van der Waals surface area contributed by atoms with Crippen molar-refractivity contribution in [1.82, 2.24) is 9.47 Å². The van der Waals surface area contributed by atoms with Crippen molar-refractivity contribution in [2.24, 2.45) is 5.73 Å². The number of carbonyl (C=O) groups is 3. The van der Waals surface area contributed by atoms with Gasteiger partial charge in [-0.05, 0) is 30.7 Å². The number of halogens is 3. The van der Waals surface area contributed by atoms with E-state index in [-0.39, 0.29) is 36.9 Å². The van der Waals surface area contributed by atoms with E-state index in [1.165, 1.54) is 20.1 Å². The third-order valence-corrected chi connectivity index (χ3v) is 7.66. The number of carboxylic acids is 1. The molecule has 9 nitrogen and oxygen atoms in total. The number of ether oxygens (including phenoxy) is 2. The van der Waals surface area contributed by atoms with Crippen LogP contribution in [0.15, 0.2) is 72.9 Å². The molecule has 0 saturated carbocycles. The van der Waals surface area contributed by atoms with E-state index in [1.54, 1.807) is 41.1 Å². The van der Waals surface area contributed by atoms with Gasteiger partial charge in [0, 0.05) is 42.3 Å². The third kappa shape index (κ3) is 8.24. The van der Waals surface area contributed by atoms with Gasteiger partial charge in [0.05, 0.1) is 29.7 Å². The summed E-state index contributed by atoms with van der Waals surface area (Å²) in [5, 5.41) is 10.1. The van der Waals surface area contributed by atoms with Gasteiger partial charge in [-0.1, -0.05) is 54.1 Å². The Balaban J connectivity index is 0.000000297. The maximum Gasteiger partial charge on any atom is 0.326 e. The predicted molar refractivity (Wildman–Crippen MR) is 166 cm³/mol. The maximum atomic E-state index is 13.8. The van der Waals surface area contributed by atoms with Crippen LogP contribution in [0, 0.1) is 5.82 Å². The number of rotatable bonds is 10. The van der Waals surface area contributed by atoms with Crippen molar-refractivity contribution in [3.05, 3.63) is 100 Å². The molecule has 238 valence electrons. The van der Waals surface area contributed by atoms with Crippen molar-refractivity contribution in [3.8, 4) is 5.75 Å². The zero-order valence-electron chi connectivity index (χ0n) is 24.8. The van der Waals surface area contributed by atoms with E-state index in [4.69, 9.17) is 26.8 Å². The number of benzene rings is 3. The second-order valence-electron chi connectivity index (χ2n) is 10.6. The number of likely N-dealkylation sites (tertiary alicyclic amines) is 1. The lowest BCUT2D eigenvalue weighted by atomic mass is 10.1. The van der Waals surface area contributed by atoms with Crippen LogP contribution < -0.4 is 10.5 Å². The van der Waals surface area contributed by atoms with Crippen molar-refractivity contribution >= 4 is 40.2 Å². The number of hydrogen-bond acceptors (Lipinski definition) is 6. The van der Waals surface area contributed by atoms with E-state index in [0.29, 0.717) is 34.4 Å². The molecule has 3 aromatic carbocycles. The van der Waals surface area contributed by atoms with Gasteiger partial charge in [0.2, 0.25) is 5.91 Å². The highest BCUT2D eigenvalue weighted by Gasteiger charge is 2.39. The summed E-state index contributed by atoms with van der Waals surface area (Å²) in [7, 11) is 1.52. The van der Waals surface area contributed by atoms with Gasteiger partial charge in [-0.2, -0.15) is 0 Å². The highest BCUT2D eigenvalue weighted by Crippen LogP contribution is 2.28. The minimum absolute atomic E-state index is 0.0871. The van der Waals surface area contributed by atoms with Gasteiger partial charge in [0.25, 0.3) is 0 Å². The fourth-order valence-electron chi connectivity index (χ4n) is 5.12. The van der Waals surface area contributed by atoms with Crippen LogP contribution >= 0.6 is 11.6 Å². The predicted octanol–water partition coefficient (Wildman–Crippen LogP) is 5.57. The van der Waals surface area contributed by atoms with Gasteiger partial charge in [0.15, 0.2) is 5.78 Å².